The molecular weight excluding hydrogens is 508 g/mol. The van der Waals surface area contributed by atoms with Crippen LogP contribution >= 0.6 is 0 Å². The maximum Gasteiger partial charge on any atom is 0.416 e. The highest BCUT2D eigenvalue weighted by Gasteiger charge is 2.33. The molecule has 1 saturated heterocycles. The van der Waals surface area contributed by atoms with E-state index in [0.717, 1.165) is 6.07 Å². The molecule has 1 fully saturated rings. The number of hydrogen-bond donors (Lipinski definition) is 1. The van der Waals surface area contributed by atoms with Crippen LogP contribution in [-0.4, -0.2) is 67.0 Å². The van der Waals surface area contributed by atoms with Gasteiger partial charge in [-0.3, -0.25) is 14.3 Å². The highest BCUT2D eigenvalue weighted by Crippen LogP contribution is 2.32. The largest absolute Gasteiger partial charge is 0.495 e. The van der Waals surface area contributed by atoms with Gasteiger partial charge in [-0.05, 0) is 49.1 Å². The number of ether oxygens (including phenoxy) is 2. The number of amides is 2. The quantitative estimate of drug-likeness (QED) is 0.346. The number of carbonyl (C=O) groups excluding carboxylic acids is 2. The van der Waals surface area contributed by atoms with Gasteiger partial charge in [-0.1, -0.05) is 0 Å². The van der Waals surface area contributed by atoms with Gasteiger partial charge < -0.3 is 19.7 Å². The fraction of sp³-hybridized carbons (Fsp3) is 0.423. The Kier molecular flexibility index (Phi) is 8.20. The Morgan fingerprint density at radius 1 is 1.11 bits per heavy atom. The Morgan fingerprint density at radius 3 is 2.45 bits per heavy atom. The van der Waals surface area contributed by atoms with Crippen LogP contribution in [0.5, 0.6) is 5.75 Å². The molecule has 1 N–H and O–H groups in total. The molecule has 0 unspecified atom stereocenters. The minimum Gasteiger partial charge on any atom is -0.495 e. The van der Waals surface area contributed by atoms with Crippen LogP contribution in [0.4, 0.5) is 17.6 Å². The zero-order chi connectivity index (χ0) is 27.4. The minimum atomic E-state index is -4.68. The number of methoxy groups -OCH3 is 2. The van der Waals surface area contributed by atoms with Gasteiger partial charge in [-0.15, -0.1) is 0 Å². The molecule has 0 bridgehead atoms. The van der Waals surface area contributed by atoms with Gasteiger partial charge in [0.15, 0.2) is 0 Å². The molecule has 0 aliphatic carbocycles. The molecule has 0 radical (unpaired) electrons. The Balaban J connectivity index is 1.40. The first kappa shape index (κ1) is 27.4. The van der Waals surface area contributed by atoms with Crippen LogP contribution in [0, 0.1) is 11.7 Å². The monoisotopic (exact) mass is 536 g/mol. The summed E-state index contributed by atoms with van der Waals surface area (Å²) < 4.78 is 64.9. The smallest absolute Gasteiger partial charge is 0.416 e. The summed E-state index contributed by atoms with van der Waals surface area (Å²) in [5.74, 6) is -1.50. The van der Waals surface area contributed by atoms with Crippen LogP contribution in [0.25, 0.3) is 10.9 Å². The Hall–Kier alpha value is -3.67. The molecule has 204 valence electrons. The SMILES string of the molecule is COCCNC(=O)c1ccc2nn(CC3CCN(C(=O)c4ccc(C(F)(F)F)cc4F)CC3)cc2c1OC. The first-order chi connectivity index (χ1) is 18.1. The molecule has 1 aromatic heterocycles. The van der Waals surface area contributed by atoms with Crippen molar-refractivity contribution in [3.63, 3.8) is 0 Å². The van der Waals surface area contributed by atoms with Gasteiger partial charge in [0.1, 0.15) is 11.6 Å². The minimum absolute atomic E-state index is 0.175. The van der Waals surface area contributed by atoms with Crippen molar-refractivity contribution in [2.75, 3.05) is 40.5 Å². The number of hydrogen-bond acceptors (Lipinski definition) is 5. The van der Waals surface area contributed by atoms with E-state index in [1.165, 1.54) is 12.0 Å². The van der Waals surface area contributed by atoms with E-state index in [2.05, 4.69) is 10.4 Å². The molecule has 12 heteroatoms. The topological polar surface area (TPSA) is 85.7 Å². The number of fused-ring (bicyclic) bond motifs is 1. The lowest BCUT2D eigenvalue weighted by atomic mass is 9.96. The highest BCUT2D eigenvalue weighted by molar-refractivity contribution is 6.03. The van der Waals surface area contributed by atoms with E-state index in [1.54, 1.807) is 23.9 Å². The highest BCUT2D eigenvalue weighted by atomic mass is 19.4. The number of likely N-dealkylation sites (tertiary alicyclic amines) is 1. The summed E-state index contributed by atoms with van der Waals surface area (Å²) in [5, 5.41) is 8.06. The number of aromatic nitrogens is 2. The summed E-state index contributed by atoms with van der Waals surface area (Å²) in [5.41, 5.74) is -0.449. The summed E-state index contributed by atoms with van der Waals surface area (Å²) in [6.45, 7) is 2.00. The van der Waals surface area contributed by atoms with Crippen LogP contribution in [0.2, 0.25) is 0 Å². The standard InChI is InChI=1S/C26H28F4N4O4/c1-37-12-9-31-24(35)19-5-6-22-20(23(19)38-2)15-34(32-22)14-16-7-10-33(11-8-16)25(36)18-4-3-17(13-21(18)27)26(28,29)30/h3-6,13,15-16H,7-12,14H2,1-2H3,(H,31,35). The number of benzene rings is 2. The maximum absolute atomic E-state index is 14.3. The van der Waals surface area contributed by atoms with E-state index < -0.39 is 23.5 Å². The molecule has 0 saturated carbocycles. The van der Waals surface area contributed by atoms with Crippen molar-refractivity contribution < 1.29 is 36.6 Å². The summed E-state index contributed by atoms with van der Waals surface area (Å²) in [4.78, 5) is 26.8. The lowest BCUT2D eigenvalue weighted by molar-refractivity contribution is -0.137. The summed E-state index contributed by atoms with van der Waals surface area (Å²) in [6, 6.07) is 5.37. The third-order valence-corrected chi connectivity index (χ3v) is 6.60. The molecule has 38 heavy (non-hydrogen) atoms. The molecule has 3 aromatic rings. The summed E-state index contributed by atoms with van der Waals surface area (Å²) >= 11 is 0. The van der Waals surface area contributed by atoms with Gasteiger partial charge in [0.25, 0.3) is 11.8 Å². The van der Waals surface area contributed by atoms with Gasteiger partial charge in [0.2, 0.25) is 0 Å². The van der Waals surface area contributed by atoms with Gasteiger partial charge >= 0.3 is 6.18 Å². The van der Waals surface area contributed by atoms with Gasteiger partial charge in [-0.2, -0.15) is 18.3 Å². The van der Waals surface area contributed by atoms with Gasteiger partial charge in [0, 0.05) is 39.5 Å². The molecule has 2 aromatic carbocycles. The molecular formula is C26H28F4N4O4. The van der Waals surface area contributed by atoms with Crippen molar-refractivity contribution in [2.24, 2.45) is 5.92 Å². The fourth-order valence-corrected chi connectivity index (χ4v) is 4.59. The summed E-state index contributed by atoms with van der Waals surface area (Å²) in [7, 11) is 3.04. The lowest BCUT2D eigenvalue weighted by Crippen LogP contribution is -2.39. The van der Waals surface area contributed by atoms with E-state index in [4.69, 9.17) is 9.47 Å². The number of alkyl halides is 3. The average Bonchev–Trinajstić information content (AvgIpc) is 3.30. The molecule has 2 heterocycles. The van der Waals surface area contributed by atoms with E-state index >= 15 is 0 Å². The van der Waals surface area contributed by atoms with E-state index in [0.29, 0.717) is 80.0 Å². The van der Waals surface area contributed by atoms with Crippen LogP contribution in [-0.2, 0) is 17.5 Å². The van der Waals surface area contributed by atoms with Crippen LogP contribution < -0.4 is 10.1 Å². The van der Waals surface area contributed by atoms with Crippen molar-refractivity contribution in [1.29, 1.82) is 0 Å². The second kappa shape index (κ2) is 11.4. The van der Waals surface area contributed by atoms with Crippen molar-refractivity contribution >= 4 is 22.7 Å². The van der Waals surface area contributed by atoms with Crippen LogP contribution in [0.1, 0.15) is 39.1 Å². The number of piperidine rings is 1. The van der Waals surface area contributed by atoms with Crippen LogP contribution in [0.15, 0.2) is 36.5 Å². The number of nitrogens with one attached hydrogen (secondary N) is 1. The van der Waals surface area contributed by atoms with E-state index in [-0.39, 0.29) is 17.4 Å². The lowest BCUT2D eigenvalue weighted by Gasteiger charge is -2.32. The average molecular weight is 537 g/mol. The van der Waals surface area contributed by atoms with Crippen molar-refractivity contribution in [1.82, 2.24) is 20.0 Å². The van der Waals surface area contributed by atoms with Crippen molar-refractivity contribution in [3.05, 3.63) is 59.0 Å². The third-order valence-electron chi connectivity index (χ3n) is 6.60. The third kappa shape index (κ3) is 5.90. The second-order valence-corrected chi connectivity index (χ2v) is 9.11. The first-order valence-corrected chi connectivity index (χ1v) is 12.1. The predicted molar refractivity (Wildman–Crippen MR) is 131 cm³/mol. The zero-order valence-electron chi connectivity index (χ0n) is 21.0. The molecule has 2 amide bonds. The van der Waals surface area contributed by atoms with Gasteiger partial charge in [-0.25, -0.2) is 4.39 Å². The molecule has 4 rings (SSSR count). The van der Waals surface area contributed by atoms with Crippen molar-refractivity contribution in [2.45, 2.75) is 25.6 Å². The van der Waals surface area contributed by atoms with E-state index in [9.17, 15) is 27.2 Å². The number of carbonyl (C=O) groups is 2. The van der Waals surface area contributed by atoms with Gasteiger partial charge in [0.05, 0.1) is 41.3 Å². The predicted octanol–water partition coefficient (Wildman–Crippen LogP) is 4.13. The molecule has 8 nitrogen and oxygen atoms in total. The molecule has 1 aliphatic heterocycles. The first-order valence-electron chi connectivity index (χ1n) is 12.1. The number of nitrogens with zero attached hydrogens (tertiary/aromatic N) is 3. The maximum atomic E-state index is 14.3. The second-order valence-electron chi connectivity index (χ2n) is 9.11. The molecule has 0 atom stereocenters. The van der Waals surface area contributed by atoms with Crippen molar-refractivity contribution in [3.8, 4) is 5.75 Å². The number of halogens is 4. The Labute approximate surface area is 216 Å². The Morgan fingerprint density at radius 2 is 1.82 bits per heavy atom. The number of rotatable bonds is 8. The normalized spacial score (nSPS) is 14.6. The van der Waals surface area contributed by atoms with E-state index in [1.807, 2.05) is 6.20 Å². The zero-order valence-corrected chi connectivity index (χ0v) is 21.0. The fourth-order valence-electron chi connectivity index (χ4n) is 4.59. The Bertz CT molecular complexity index is 1320. The molecule has 1 aliphatic rings. The molecule has 0 spiro atoms. The summed E-state index contributed by atoms with van der Waals surface area (Å²) in [6.07, 6.45) is -1.63. The van der Waals surface area contributed by atoms with Crippen LogP contribution in [0.3, 0.4) is 0 Å².